The maximum Gasteiger partial charge on any atom is 0.263 e. The number of hydrogen-bond donors (Lipinski definition) is 1. The van der Waals surface area contributed by atoms with Crippen molar-refractivity contribution < 1.29 is 12.9 Å². The first-order chi connectivity index (χ1) is 8.62. The lowest BCUT2D eigenvalue weighted by Gasteiger charge is -2.05. The summed E-state index contributed by atoms with van der Waals surface area (Å²) in [5.74, 6) is 0.656. The molecule has 2 rings (SSSR count). The smallest absolute Gasteiger partial charge is 0.263 e. The van der Waals surface area contributed by atoms with Crippen LogP contribution in [0.3, 0.4) is 0 Å². The van der Waals surface area contributed by atoms with E-state index in [4.69, 9.17) is 11.6 Å². The van der Waals surface area contributed by atoms with Crippen LogP contribution in [0.1, 0.15) is 5.56 Å². The van der Waals surface area contributed by atoms with Crippen molar-refractivity contribution in [3.63, 3.8) is 0 Å². The largest absolute Gasteiger partial charge is 0.363 e. The van der Waals surface area contributed by atoms with Crippen LogP contribution in [-0.2, 0) is 16.4 Å². The fraction of sp³-hybridized carbons (Fsp3) is 0.182. The van der Waals surface area contributed by atoms with Crippen LogP contribution in [0.2, 0.25) is 0 Å². The molecule has 0 aliphatic carbocycles. The molecule has 18 heavy (non-hydrogen) atoms. The number of aryl methyl sites for hydroxylation is 1. The molecule has 0 atom stereocenters. The number of sulfonamides is 1. The molecule has 7 heteroatoms. The van der Waals surface area contributed by atoms with E-state index in [1.807, 2.05) is 0 Å². The SMILES string of the molecule is O=S(=O)(Nc1ccon1)c1ccc(CCCl)cc1. The lowest BCUT2D eigenvalue weighted by Crippen LogP contribution is -2.13. The van der Waals surface area contributed by atoms with Gasteiger partial charge < -0.3 is 4.52 Å². The van der Waals surface area contributed by atoms with Gasteiger partial charge in [0.05, 0.1) is 4.90 Å². The fourth-order valence-corrected chi connectivity index (χ4v) is 2.62. The second kappa shape index (κ2) is 5.41. The number of nitrogens with zero attached hydrogens (tertiary/aromatic N) is 1. The normalized spacial score (nSPS) is 11.4. The molecule has 2 aromatic rings. The second-order valence-electron chi connectivity index (χ2n) is 3.57. The lowest BCUT2D eigenvalue weighted by atomic mass is 10.2. The summed E-state index contributed by atoms with van der Waals surface area (Å²) < 4.78 is 30.8. The predicted molar refractivity (Wildman–Crippen MR) is 68.2 cm³/mol. The summed E-state index contributed by atoms with van der Waals surface area (Å²) >= 11 is 5.61. The molecular formula is C11H11ClN2O3S. The van der Waals surface area contributed by atoms with Gasteiger partial charge in [0.2, 0.25) is 0 Å². The van der Waals surface area contributed by atoms with Gasteiger partial charge in [-0.05, 0) is 24.1 Å². The molecule has 0 fully saturated rings. The molecule has 0 radical (unpaired) electrons. The standard InChI is InChI=1S/C11H11ClN2O3S/c12-7-5-9-1-3-10(4-2-9)18(15,16)14-11-6-8-17-13-11/h1-4,6,8H,5,7H2,(H,13,14). The molecule has 1 N–H and O–H groups in total. The van der Waals surface area contributed by atoms with Gasteiger partial charge in [0.15, 0.2) is 5.82 Å². The summed E-state index contributed by atoms with van der Waals surface area (Å²) in [6.45, 7) is 0. The maximum absolute atomic E-state index is 11.9. The van der Waals surface area contributed by atoms with E-state index in [9.17, 15) is 8.42 Å². The first-order valence-corrected chi connectivity index (χ1v) is 7.22. The van der Waals surface area contributed by atoms with Crippen LogP contribution in [0.25, 0.3) is 0 Å². The molecule has 0 saturated carbocycles. The van der Waals surface area contributed by atoms with E-state index in [2.05, 4.69) is 14.4 Å². The molecule has 0 unspecified atom stereocenters. The van der Waals surface area contributed by atoms with Crippen LogP contribution in [0, 0.1) is 0 Å². The minimum Gasteiger partial charge on any atom is -0.363 e. The Hall–Kier alpha value is -1.53. The van der Waals surface area contributed by atoms with Gasteiger partial charge in [-0.1, -0.05) is 17.3 Å². The first kappa shape index (κ1) is 12.9. The number of aromatic nitrogens is 1. The number of alkyl halides is 1. The number of halogens is 1. The summed E-state index contributed by atoms with van der Waals surface area (Å²) in [5, 5.41) is 3.49. The molecule has 0 amide bonds. The molecule has 0 spiro atoms. The number of hydrogen-bond acceptors (Lipinski definition) is 4. The Kier molecular flexibility index (Phi) is 3.88. The summed E-state index contributed by atoms with van der Waals surface area (Å²) in [5.41, 5.74) is 0.991. The van der Waals surface area contributed by atoms with E-state index in [1.165, 1.54) is 24.5 Å². The second-order valence-corrected chi connectivity index (χ2v) is 5.63. The molecule has 0 saturated heterocycles. The molecule has 1 heterocycles. The average Bonchev–Trinajstić information content (AvgIpc) is 2.82. The topological polar surface area (TPSA) is 72.2 Å². The summed E-state index contributed by atoms with van der Waals surface area (Å²) in [4.78, 5) is 0.170. The maximum atomic E-state index is 11.9. The van der Waals surface area contributed by atoms with E-state index < -0.39 is 10.0 Å². The molecule has 5 nitrogen and oxygen atoms in total. The van der Waals surface area contributed by atoms with Crippen LogP contribution in [0.4, 0.5) is 5.82 Å². The summed E-state index contributed by atoms with van der Waals surface area (Å²) in [6, 6.07) is 7.97. The molecule has 0 aliphatic rings. The Morgan fingerprint density at radius 1 is 1.22 bits per heavy atom. The van der Waals surface area contributed by atoms with Crippen LogP contribution < -0.4 is 4.72 Å². The lowest BCUT2D eigenvalue weighted by molar-refractivity contribution is 0.423. The quantitative estimate of drug-likeness (QED) is 0.856. The van der Waals surface area contributed by atoms with E-state index in [-0.39, 0.29) is 10.7 Å². The fourth-order valence-electron chi connectivity index (χ4n) is 1.41. The van der Waals surface area contributed by atoms with Gasteiger partial charge in [-0.15, -0.1) is 11.6 Å². The van der Waals surface area contributed by atoms with Crippen LogP contribution in [0.5, 0.6) is 0 Å². The third-order valence-corrected chi connectivity index (χ3v) is 3.85. The van der Waals surface area contributed by atoms with E-state index >= 15 is 0 Å². The van der Waals surface area contributed by atoms with E-state index in [0.717, 1.165) is 5.56 Å². The van der Waals surface area contributed by atoms with Gasteiger partial charge >= 0.3 is 0 Å². The molecule has 0 bridgehead atoms. The van der Waals surface area contributed by atoms with Crippen molar-refractivity contribution in [2.75, 3.05) is 10.6 Å². The highest BCUT2D eigenvalue weighted by Crippen LogP contribution is 2.15. The minimum atomic E-state index is -3.62. The predicted octanol–water partition coefficient (Wildman–Crippen LogP) is 2.26. The third kappa shape index (κ3) is 3.02. The van der Waals surface area contributed by atoms with Crippen molar-refractivity contribution in [1.82, 2.24) is 5.16 Å². The Morgan fingerprint density at radius 3 is 2.50 bits per heavy atom. The van der Waals surface area contributed by atoms with Crippen molar-refractivity contribution in [3.05, 3.63) is 42.2 Å². The Bertz CT molecular complexity index is 594. The Labute approximate surface area is 110 Å². The summed E-state index contributed by atoms with van der Waals surface area (Å²) in [6.07, 6.45) is 2.00. The zero-order valence-electron chi connectivity index (χ0n) is 9.34. The minimum absolute atomic E-state index is 0.153. The van der Waals surface area contributed by atoms with Crippen molar-refractivity contribution in [3.8, 4) is 0 Å². The van der Waals surface area contributed by atoms with Crippen molar-refractivity contribution in [2.45, 2.75) is 11.3 Å². The van der Waals surface area contributed by atoms with Gasteiger partial charge in [0.1, 0.15) is 6.26 Å². The summed E-state index contributed by atoms with van der Waals surface area (Å²) in [7, 11) is -3.62. The third-order valence-electron chi connectivity index (χ3n) is 2.29. The number of rotatable bonds is 5. The number of nitrogens with one attached hydrogen (secondary N) is 1. The van der Waals surface area contributed by atoms with Gasteiger partial charge in [0.25, 0.3) is 10.0 Å². The van der Waals surface area contributed by atoms with Crippen molar-refractivity contribution >= 4 is 27.4 Å². The molecular weight excluding hydrogens is 276 g/mol. The first-order valence-electron chi connectivity index (χ1n) is 5.20. The zero-order chi connectivity index (χ0) is 13.0. The zero-order valence-corrected chi connectivity index (χ0v) is 10.9. The molecule has 96 valence electrons. The average molecular weight is 287 g/mol. The van der Waals surface area contributed by atoms with Gasteiger partial charge in [-0.25, -0.2) is 8.42 Å². The van der Waals surface area contributed by atoms with E-state index in [1.54, 1.807) is 12.1 Å². The molecule has 0 aliphatic heterocycles. The van der Waals surface area contributed by atoms with Gasteiger partial charge in [-0.2, -0.15) is 0 Å². The van der Waals surface area contributed by atoms with Crippen molar-refractivity contribution in [1.29, 1.82) is 0 Å². The highest BCUT2D eigenvalue weighted by molar-refractivity contribution is 7.92. The van der Waals surface area contributed by atoms with E-state index in [0.29, 0.717) is 12.3 Å². The number of anilines is 1. The highest BCUT2D eigenvalue weighted by Gasteiger charge is 2.15. The number of benzene rings is 1. The molecule has 1 aromatic carbocycles. The Balaban J connectivity index is 2.19. The monoisotopic (exact) mass is 286 g/mol. The van der Waals surface area contributed by atoms with Gasteiger partial charge in [-0.3, -0.25) is 4.72 Å². The van der Waals surface area contributed by atoms with Crippen LogP contribution in [-0.4, -0.2) is 19.5 Å². The van der Waals surface area contributed by atoms with Crippen molar-refractivity contribution in [2.24, 2.45) is 0 Å². The van der Waals surface area contributed by atoms with Crippen LogP contribution >= 0.6 is 11.6 Å². The molecule has 1 aromatic heterocycles. The van der Waals surface area contributed by atoms with Gasteiger partial charge in [0, 0.05) is 11.9 Å². The highest BCUT2D eigenvalue weighted by atomic mass is 35.5. The Morgan fingerprint density at radius 2 is 1.94 bits per heavy atom. The van der Waals surface area contributed by atoms with Crippen LogP contribution in [0.15, 0.2) is 46.0 Å².